The van der Waals surface area contributed by atoms with Gasteiger partial charge >= 0.3 is 0 Å². The van der Waals surface area contributed by atoms with E-state index in [-0.39, 0.29) is 0 Å². The number of aromatic nitrogens is 2. The van der Waals surface area contributed by atoms with Crippen LogP contribution < -0.4 is 10.2 Å². The lowest BCUT2D eigenvalue weighted by atomic mass is 10.1. The van der Waals surface area contributed by atoms with Gasteiger partial charge in [0.25, 0.3) is 0 Å². The fourth-order valence-corrected chi connectivity index (χ4v) is 2.26. The van der Waals surface area contributed by atoms with Gasteiger partial charge in [-0.2, -0.15) is 0 Å². The fraction of sp³-hybridized carbons (Fsp3) is 0.385. The number of hydrogen-bond donors (Lipinski definition) is 1. The van der Waals surface area contributed by atoms with Crippen molar-refractivity contribution in [2.24, 2.45) is 0 Å². The second-order valence-electron chi connectivity index (χ2n) is 4.52. The number of benzene rings is 1. The smallest absolute Gasteiger partial charge is 0.127 e. The highest BCUT2D eigenvalue weighted by Gasteiger charge is 2.17. The molecule has 2 heterocycles. The van der Waals surface area contributed by atoms with Gasteiger partial charge in [-0.25, -0.2) is 4.63 Å². The highest BCUT2D eigenvalue weighted by atomic mass is 16.6. The maximum Gasteiger partial charge on any atom is 0.127 e. The Morgan fingerprint density at radius 1 is 1.33 bits per heavy atom. The van der Waals surface area contributed by atoms with Gasteiger partial charge in [-0.3, -0.25) is 0 Å². The first-order valence-electron chi connectivity index (χ1n) is 6.16. The first-order chi connectivity index (χ1) is 8.84. The minimum atomic E-state index is 0.744. The van der Waals surface area contributed by atoms with Crippen molar-refractivity contribution < 1.29 is 4.63 Å². The highest BCUT2D eigenvalue weighted by molar-refractivity contribution is 5.54. The second kappa shape index (κ2) is 4.78. The van der Waals surface area contributed by atoms with Gasteiger partial charge < -0.3 is 10.2 Å². The van der Waals surface area contributed by atoms with Gasteiger partial charge in [-0.05, 0) is 18.6 Å². The van der Waals surface area contributed by atoms with Crippen LogP contribution in [0.3, 0.4) is 0 Å². The van der Waals surface area contributed by atoms with Crippen molar-refractivity contribution in [1.29, 1.82) is 0 Å². The van der Waals surface area contributed by atoms with Gasteiger partial charge in [0.15, 0.2) is 0 Å². The zero-order valence-corrected chi connectivity index (χ0v) is 10.4. The molecule has 5 nitrogen and oxygen atoms in total. The van der Waals surface area contributed by atoms with Crippen LogP contribution in [0, 0.1) is 6.92 Å². The molecule has 1 aliphatic rings. The van der Waals surface area contributed by atoms with Crippen LogP contribution in [0.1, 0.15) is 17.0 Å². The van der Waals surface area contributed by atoms with Crippen LogP contribution in [-0.4, -0.2) is 23.4 Å². The molecule has 0 spiro atoms. The fourth-order valence-electron chi connectivity index (χ4n) is 2.26. The number of fused-ring (bicyclic) bond motifs is 1. The van der Waals surface area contributed by atoms with E-state index in [1.54, 1.807) is 0 Å². The molecule has 0 fully saturated rings. The lowest BCUT2D eigenvalue weighted by Gasteiger charge is -2.23. The molecule has 1 aromatic heterocycles. The van der Waals surface area contributed by atoms with Gasteiger partial charge in [0.2, 0.25) is 0 Å². The summed E-state index contributed by atoms with van der Waals surface area (Å²) in [5, 5.41) is 11.2. The van der Waals surface area contributed by atoms with Gasteiger partial charge in [0.05, 0.1) is 6.54 Å². The van der Waals surface area contributed by atoms with Crippen LogP contribution in [0.5, 0.6) is 0 Å². The van der Waals surface area contributed by atoms with E-state index >= 15 is 0 Å². The van der Waals surface area contributed by atoms with Crippen LogP contribution in [0.4, 0.5) is 5.69 Å². The molecule has 2 aromatic rings. The summed E-state index contributed by atoms with van der Waals surface area (Å²) in [7, 11) is 0. The summed E-state index contributed by atoms with van der Waals surface area (Å²) in [5.41, 5.74) is 4.37. The van der Waals surface area contributed by atoms with Crippen molar-refractivity contribution in [2.75, 3.05) is 18.0 Å². The Hall–Kier alpha value is -1.88. The van der Waals surface area contributed by atoms with Crippen molar-refractivity contribution in [3.63, 3.8) is 0 Å². The third-order valence-electron chi connectivity index (χ3n) is 3.29. The van der Waals surface area contributed by atoms with E-state index < -0.39 is 0 Å². The Morgan fingerprint density at radius 2 is 2.22 bits per heavy atom. The molecule has 3 rings (SSSR count). The molecular weight excluding hydrogens is 228 g/mol. The number of anilines is 1. The molecule has 0 amide bonds. The number of aryl methyl sites for hydroxylation is 1. The summed E-state index contributed by atoms with van der Waals surface area (Å²) >= 11 is 0. The molecule has 1 aromatic carbocycles. The maximum absolute atomic E-state index is 4.76. The lowest BCUT2D eigenvalue weighted by molar-refractivity contribution is 0.301. The minimum absolute atomic E-state index is 0.744. The average Bonchev–Trinajstić information content (AvgIpc) is 2.68. The summed E-state index contributed by atoms with van der Waals surface area (Å²) in [6.45, 7) is 5.52. The van der Waals surface area contributed by atoms with Gasteiger partial charge in [-0.1, -0.05) is 28.5 Å². The summed E-state index contributed by atoms with van der Waals surface area (Å²) in [5.74, 6) is 0. The van der Waals surface area contributed by atoms with Gasteiger partial charge in [-0.15, -0.1) is 0 Å². The van der Waals surface area contributed by atoms with Crippen molar-refractivity contribution in [1.82, 2.24) is 15.6 Å². The van der Waals surface area contributed by atoms with Crippen LogP contribution >= 0.6 is 0 Å². The quantitative estimate of drug-likeness (QED) is 0.867. The first kappa shape index (κ1) is 11.2. The Labute approximate surface area is 106 Å². The molecule has 18 heavy (non-hydrogen) atoms. The molecule has 0 aliphatic carbocycles. The highest BCUT2D eigenvalue weighted by Crippen LogP contribution is 2.23. The Bertz CT molecular complexity index is 537. The van der Waals surface area contributed by atoms with E-state index in [1.807, 2.05) is 6.92 Å². The molecule has 0 unspecified atom stereocenters. The third kappa shape index (κ3) is 2.09. The van der Waals surface area contributed by atoms with E-state index in [1.165, 1.54) is 11.3 Å². The van der Waals surface area contributed by atoms with Crippen LogP contribution in [0.15, 0.2) is 28.9 Å². The SMILES string of the molecule is Cc1nonc1CN1CCNCc2ccccc21. The molecule has 1 N–H and O–H groups in total. The second-order valence-corrected chi connectivity index (χ2v) is 4.52. The lowest BCUT2D eigenvalue weighted by Crippen LogP contribution is -2.28. The number of rotatable bonds is 2. The standard InChI is InChI=1S/C13H16N4O/c1-10-12(16-18-15-10)9-17-7-6-14-8-11-4-2-3-5-13(11)17/h2-5,14H,6-9H2,1H3. The van der Waals surface area contributed by atoms with Crippen molar-refractivity contribution in [3.8, 4) is 0 Å². The molecular formula is C13H16N4O. The molecule has 0 radical (unpaired) electrons. The number of nitrogens with zero attached hydrogens (tertiary/aromatic N) is 3. The van der Waals surface area contributed by atoms with Crippen LogP contribution in [-0.2, 0) is 13.1 Å². The van der Waals surface area contributed by atoms with Crippen molar-refractivity contribution >= 4 is 5.69 Å². The monoisotopic (exact) mass is 244 g/mol. The van der Waals surface area contributed by atoms with Gasteiger partial charge in [0, 0.05) is 25.3 Å². The number of nitrogens with one attached hydrogen (secondary N) is 1. The molecule has 0 saturated carbocycles. The van der Waals surface area contributed by atoms with Crippen molar-refractivity contribution in [3.05, 3.63) is 41.2 Å². The van der Waals surface area contributed by atoms with E-state index in [0.717, 1.165) is 37.6 Å². The molecule has 0 saturated heterocycles. The maximum atomic E-state index is 4.76. The summed E-state index contributed by atoms with van der Waals surface area (Å²) < 4.78 is 4.76. The number of hydrogen-bond acceptors (Lipinski definition) is 5. The van der Waals surface area contributed by atoms with Crippen LogP contribution in [0.2, 0.25) is 0 Å². The minimum Gasteiger partial charge on any atom is -0.364 e. The van der Waals surface area contributed by atoms with E-state index in [4.69, 9.17) is 4.63 Å². The van der Waals surface area contributed by atoms with Crippen molar-refractivity contribution in [2.45, 2.75) is 20.0 Å². The predicted molar refractivity (Wildman–Crippen MR) is 68.2 cm³/mol. The Morgan fingerprint density at radius 3 is 3.06 bits per heavy atom. The zero-order valence-electron chi connectivity index (χ0n) is 10.4. The zero-order chi connectivity index (χ0) is 12.4. The molecule has 94 valence electrons. The molecule has 0 atom stereocenters. The third-order valence-corrected chi connectivity index (χ3v) is 3.29. The van der Waals surface area contributed by atoms with Gasteiger partial charge in [0.1, 0.15) is 11.4 Å². The Kier molecular flexibility index (Phi) is 2.98. The predicted octanol–water partition coefficient (Wildman–Crippen LogP) is 1.49. The Balaban J connectivity index is 1.90. The molecule has 5 heteroatoms. The normalized spacial score (nSPS) is 15.3. The first-order valence-corrected chi connectivity index (χ1v) is 6.16. The van der Waals surface area contributed by atoms with Crippen LogP contribution in [0.25, 0.3) is 0 Å². The number of para-hydroxylation sites is 1. The van der Waals surface area contributed by atoms with E-state index in [9.17, 15) is 0 Å². The summed E-state index contributed by atoms with van der Waals surface area (Å²) in [6, 6.07) is 8.47. The largest absolute Gasteiger partial charge is 0.364 e. The average molecular weight is 244 g/mol. The summed E-state index contributed by atoms with van der Waals surface area (Å²) in [6.07, 6.45) is 0. The molecule has 1 aliphatic heterocycles. The topological polar surface area (TPSA) is 54.2 Å². The molecule has 0 bridgehead atoms. The van der Waals surface area contributed by atoms with E-state index in [0.29, 0.717) is 0 Å². The van der Waals surface area contributed by atoms with E-state index in [2.05, 4.69) is 44.8 Å². The summed E-state index contributed by atoms with van der Waals surface area (Å²) in [4.78, 5) is 2.32.